The first-order chi connectivity index (χ1) is 26.7. The van der Waals surface area contributed by atoms with E-state index in [0.717, 1.165) is 44.6 Å². The van der Waals surface area contributed by atoms with Crippen LogP contribution in [0.3, 0.4) is 0 Å². The number of anilines is 3. The summed E-state index contributed by atoms with van der Waals surface area (Å²) in [4.78, 5) is 19.8. The highest BCUT2D eigenvalue weighted by molar-refractivity contribution is 7.99. The zero-order chi connectivity index (χ0) is 35.8. The van der Waals surface area contributed by atoms with E-state index in [1.807, 2.05) is 72.4 Å². The molecule has 2 heterocycles. The Bertz CT molecular complexity index is 2710. The summed E-state index contributed by atoms with van der Waals surface area (Å²) in [6, 6.07) is 68.3. The van der Waals surface area contributed by atoms with Gasteiger partial charge in [0.25, 0.3) is 0 Å². The Kier molecular flexibility index (Phi) is 8.04. The fraction of sp³-hybridized carbons (Fsp3) is 0. The highest BCUT2D eigenvalue weighted by Gasteiger charge is 2.24. The van der Waals surface area contributed by atoms with Gasteiger partial charge in [0.05, 0.1) is 11.4 Å². The Morgan fingerprint density at radius 2 is 0.870 bits per heavy atom. The third kappa shape index (κ3) is 5.91. The van der Waals surface area contributed by atoms with Crippen LogP contribution in [0.1, 0.15) is 0 Å². The van der Waals surface area contributed by atoms with Gasteiger partial charge in [-0.3, -0.25) is 0 Å². The summed E-state index contributed by atoms with van der Waals surface area (Å²) in [6.45, 7) is 0. The van der Waals surface area contributed by atoms with Gasteiger partial charge in [-0.05, 0) is 87.6 Å². The van der Waals surface area contributed by atoms with Gasteiger partial charge in [0.2, 0.25) is 0 Å². The molecule has 0 aliphatic carbocycles. The molecule has 0 fully saturated rings. The molecule has 0 atom stereocenters. The number of rotatable bonds is 6. The minimum Gasteiger partial charge on any atom is -0.308 e. The molecule has 254 valence electrons. The molecular formula is C49H32N4S. The van der Waals surface area contributed by atoms with E-state index in [-0.39, 0.29) is 0 Å². The van der Waals surface area contributed by atoms with Gasteiger partial charge >= 0.3 is 0 Å². The number of fused-ring (bicyclic) bond motifs is 3. The largest absolute Gasteiger partial charge is 0.308 e. The third-order valence-corrected chi connectivity index (χ3v) is 11.0. The van der Waals surface area contributed by atoms with Gasteiger partial charge < -0.3 is 4.90 Å². The lowest BCUT2D eigenvalue weighted by Crippen LogP contribution is -2.14. The van der Waals surface area contributed by atoms with Gasteiger partial charge in [0.15, 0.2) is 17.5 Å². The van der Waals surface area contributed by atoms with E-state index in [0.29, 0.717) is 17.5 Å². The SMILES string of the molecule is c1ccc(-c2nc(-c3ccccc3)nc(-c3cccc(-c4cc(-c5cccc(N6c7ccccc7Sc7ccccc76)c5)cc5ccccc45)c3)n2)cc1. The number of nitrogens with zero attached hydrogens (tertiary/aromatic N) is 4. The lowest BCUT2D eigenvalue weighted by atomic mass is 9.92. The van der Waals surface area contributed by atoms with E-state index in [1.165, 1.54) is 31.9 Å². The molecule has 9 aromatic rings. The molecule has 0 spiro atoms. The fourth-order valence-corrected chi connectivity index (χ4v) is 8.34. The summed E-state index contributed by atoms with van der Waals surface area (Å²) in [7, 11) is 0. The number of para-hydroxylation sites is 2. The molecule has 1 aliphatic heterocycles. The summed E-state index contributed by atoms with van der Waals surface area (Å²) in [5, 5.41) is 2.37. The second-order valence-corrected chi connectivity index (χ2v) is 14.4. The maximum atomic E-state index is 5.02. The molecule has 1 aromatic heterocycles. The lowest BCUT2D eigenvalue weighted by Gasteiger charge is -2.33. The van der Waals surface area contributed by atoms with Crippen molar-refractivity contribution in [3.63, 3.8) is 0 Å². The van der Waals surface area contributed by atoms with Gasteiger partial charge in [-0.25, -0.2) is 15.0 Å². The van der Waals surface area contributed by atoms with Crippen LogP contribution in [0.2, 0.25) is 0 Å². The molecule has 0 saturated carbocycles. The molecule has 5 heteroatoms. The van der Waals surface area contributed by atoms with Crippen molar-refractivity contribution < 1.29 is 0 Å². The fourth-order valence-electron chi connectivity index (χ4n) is 7.29. The molecule has 4 nitrogen and oxygen atoms in total. The Balaban J connectivity index is 1.09. The summed E-state index contributed by atoms with van der Waals surface area (Å²) in [5.41, 5.74) is 10.9. The topological polar surface area (TPSA) is 41.9 Å². The standard InChI is InChI=1S/C49H32N4S/c1-3-15-33(16-4-1)47-50-48(34-17-5-2-6-18-34)52-49(51-47)38-22-13-21-37(29-38)42-32-39(30-36-19-7-8-24-41(36)42)35-20-14-23-40(31-35)53-43-25-9-11-27-45(43)54-46-28-12-10-26-44(46)53/h1-32H. The Hall–Kier alpha value is -6.82. The predicted molar refractivity (Wildman–Crippen MR) is 223 cm³/mol. The second-order valence-electron chi connectivity index (χ2n) is 13.3. The van der Waals surface area contributed by atoms with E-state index < -0.39 is 0 Å². The molecular weight excluding hydrogens is 677 g/mol. The monoisotopic (exact) mass is 708 g/mol. The Labute approximate surface area is 318 Å². The first-order valence-electron chi connectivity index (χ1n) is 18.0. The van der Waals surface area contributed by atoms with Crippen molar-refractivity contribution in [1.82, 2.24) is 15.0 Å². The summed E-state index contributed by atoms with van der Waals surface area (Å²) in [5.74, 6) is 1.93. The van der Waals surface area contributed by atoms with Gasteiger partial charge in [-0.2, -0.15) is 0 Å². The van der Waals surface area contributed by atoms with Crippen LogP contribution in [0.25, 0.3) is 67.2 Å². The summed E-state index contributed by atoms with van der Waals surface area (Å²) < 4.78 is 0. The number of hydrogen-bond donors (Lipinski definition) is 0. The van der Waals surface area contributed by atoms with Crippen molar-refractivity contribution >= 4 is 39.6 Å². The van der Waals surface area contributed by atoms with Gasteiger partial charge in [-0.15, -0.1) is 0 Å². The molecule has 54 heavy (non-hydrogen) atoms. The van der Waals surface area contributed by atoms with Crippen LogP contribution < -0.4 is 4.90 Å². The molecule has 1 aliphatic rings. The maximum Gasteiger partial charge on any atom is 0.164 e. The van der Waals surface area contributed by atoms with Crippen LogP contribution in [0.15, 0.2) is 204 Å². The number of benzene rings is 8. The van der Waals surface area contributed by atoms with E-state index in [2.05, 4.69) is 138 Å². The molecule has 0 unspecified atom stereocenters. The predicted octanol–water partition coefficient (Wildman–Crippen LogP) is 13.3. The van der Waals surface area contributed by atoms with Crippen LogP contribution in [0.5, 0.6) is 0 Å². The van der Waals surface area contributed by atoms with E-state index in [9.17, 15) is 0 Å². The van der Waals surface area contributed by atoms with E-state index in [1.54, 1.807) is 0 Å². The van der Waals surface area contributed by atoms with Gasteiger partial charge in [-0.1, -0.05) is 151 Å². The van der Waals surface area contributed by atoms with Gasteiger partial charge in [0, 0.05) is 32.2 Å². The minimum atomic E-state index is 0.637. The van der Waals surface area contributed by atoms with Crippen molar-refractivity contribution in [3.05, 3.63) is 194 Å². The van der Waals surface area contributed by atoms with Crippen molar-refractivity contribution in [2.75, 3.05) is 4.90 Å². The third-order valence-electron chi connectivity index (χ3n) is 9.86. The number of hydrogen-bond acceptors (Lipinski definition) is 5. The molecule has 0 bridgehead atoms. The van der Waals surface area contributed by atoms with Crippen molar-refractivity contribution in [2.45, 2.75) is 9.79 Å². The first-order valence-corrected chi connectivity index (χ1v) is 18.8. The minimum absolute atomic E-state index is 0.637. The molecule has 0 amide bonds. The normalized spacial score (nSPS) is 12.0. The zero-order valence-electron chi connectivity index (χ0n) is 29.2. The average Bonchev–Trinajstić information content (AvgIpc) is 3.25. The van der Waals surface area contributed by atoms with E-state index >= 15 is 0 Å². The van der Waals surface area contributed by atoms with Crippen LogP contribution in [-0.2, 0) is 0 Å². The summed E-state index contributed by atoms with van der Waals surface area (Å²) in [6.07, 6.45) is 0. The van der Waals surface area contributed by atoms with Crippen LogP contribution in [0, 0.1) is 0 Å². The Morgan fingerprint density at radius 3 is 1.56 bits per heavy atom. The molecule has 8 aromatic carbocycles. The van der Waals surface area contributed by atoms with Crippen LogP contribution in [0.4, 0.5) is 17.1 Å². The molecule has 0 N–H and O–H groups in total. The smallest absolute Gasteiger partial charge is 0.164 e. The zero-order valence-corrected chi connectivity index (χ0v) is 30.0. The highest BCUT2D eigenvalue weighted by Crippen LogP contribution is 2.51. The van der Waals surface area contributed by atoms with Crippen molar-refractivity contribution in [2.24, 2.45) is 0 Å². The van der Waals surface area contributed by atoms with Crippen LogP contribution >= 0.6 is 11.8 Å². The lowest BCUT2D eigenvalue weighted by molar-refractivity contribution is 1.07. The second kappa shape index (κ2) is 13.6. The van der Waals surface area contributed by atoms with Crippen molar-refractivity contribution in [1.29, 1.82) is 0 Å². The molecule has 10 rings (SSSR count). The molecule has 0 saturated heterocycles. The first kappa shape index (κ1) is 31.9. The molecule has 0 radical (unpaired) electrons. The van der Waals surface area contributed by atoms with Crippen LogP contribution in [-0.4, -0.2) is 15.0 Å². The number of aromatic nitrogens is 3. The highest BCUT2D eigenvalue weighted by atomic mass is 32.2. The van der Waals surface area contributed by atoms with Gasteiger partial charge in [0.1, 0.15) is 0 Å². The Morgan fingerprint density at radius 1 is 0.352 bits per heavy atom. The average molecular weight is 709 g/mol. The van der Waals surface area contributed by atoms with E-state index in [4.69, 9.17) is 15.0 Å². The quantitative estimate of drug-likeness (QED) is 0.172. The maximum absolute atomic E-state index is 5.02. The summed E-state index contributed by atoms with van der Waals surface area (Å²) >= 11 is 1.83. The van der Waals surface area contributed by atoms with Crippen molar-refractivity contribution in [3.8, 4) is 56.4 Å².